The van der Waals surface area contributed by atoms with Crippen LogP contribution in [0.5, 0.6) is 0 Å². The summed E-state index contributed by atoms with van der Waals surface area (Å²) in [7, 11) is 0. The quantitative estimate of drug-likeness (QED) is 0.545. The summed E-state index contributed by atoms with van der Waals surface area (Å²) in [5.41, 5.74) is 0.189. The number of piperidine rings is 1. The van der Waals surface area contributed by atoms with Gasteiger partial charge in [-0.2, -0.15) is 0 Å². The van der Waals surface area contributed by atoms with Crippen LogP contribution in [0.3, 0.4) is 0 Å². The number of anilines is 1. The fourth-order valence-corrected chi connectivity index (χ4v) is 5.74. The zero-order chi connectivity index (χ0) is 22.4. The highest BCUT2D eigenvalue weighted by molar-refractivity contribution is 7.16. The Kier molecular flexibility index (Phi) is 5.84. The minimum Gasteiger partial charge on any atom is -0.462 e. The number of amides is 3. The van der Waals surface area contributed by atoms with Crippen molar-refractivity contribution in [1.29, 1.82) is 0 Å². The van der Waals surface area contributed by atoms with Gasteiger partial charge >= 0.3 is 5.97 Å². The molecule has 7 nitrogen and oxygen atoms in total. The Morgan fingerprint density at radius 1 is 1.23 bits per heavy atom. The van der Waals surface area contributed by atoms with Gasteiger partial charge in [0.1, 0.15) is 5.00 Å². The number of fused-ring (bicyclic) bond motifs is 2. The molecule has 2 bridgehead atoms. The molecule has 0 aromatic carbocycles. The number of rotatable bonds is 6. The number of nitrogens with one attached hydrogen (secondary N) is 1. The van der Waals surface area contributed by atoms with Crippen LogP contribution in [-0.4, -0.2) is 41.7 Å². The third-order valence-corrected chi connectivity index (χ3v) is 8.31. The number of imide groups is 1. The number of carbonyl (C=O) groups is 4. The van der Waals surface area contributed by atoms with E-state index >= 15 is 0 Å². The minimum atomic E-state index is -0.582. The molecule has 0 radical (unpaired) electrons. The Morgan fingerprint density at radius 2 is 1.90 bits per heavy atom. The Morgan fingerprint density at radius 3 is 2.53 bits per heavy atom. The molecule has 2 unspecified atom stereocenters. The lowest BCUT2D eigenvalue weighted by Gasteiger charge is -2.47. The van der Waals surface area contributed by atoms with Gasteiger partial charge in [-0.25, -0.2) is 4.79 Å². The van der Waals surface area contributed by atoms with Gasteiger partial charge in [-0.05, 0) is 44.6 Å². The Labute approximate surface area is 181 Å². The molecule has 1 aromatic rings. The smallest absolute Gasteiger partial charge is 0.341 e. The summed E-state index contributed by atoms with van der Waals surface area (Å²) in [6.45, 7) is 11.6. The van der Waals surface area contributed by atoms with Gasteiger partial charge in [0.05, 0.1) is 17.6 Å². The molecule has 2 heterocycles. The first kappa shape index (κ1) is 22.5. The second kappa shape index (κ2) is 7.80. The fraction of sp³-hybridized carbons (Fsp3) is 0.636. The van der Waals surface area contributed by atoms with Crippen molar-refractivity contribution in [2.45, 2.75) is 60.8 Å². The molecule has 1 N–H and O–H groups in total. The van der Waals surface area contributed by atoms with Gasteiger partial charge < -0.3 is 10.1 Å². The lowest BCUT2D eigenvalue weighted by atomic mass is 9.62. The van der Waals surface area contributed by atoms with E-state index in [0.717, 1.165) is 10.4 Å². The molecule has 1 aromatic heterocycles. The first-order valence-corrected chi connectivity index (χ1v) is 11.2. The molecular weight excluding hydrogens is 404 g/mol. The van der Waals surface area contributed by atoms with E-state index in [9.17, 15) is 19.2 Å². The summed E-state index contributed by atoms with van der Waals surface area (Å²) in [6.07, 6.45) is 1.38. The topological polar surface area (TPSA) is 92.8 Å². The molecule has 30 heavy (non-hydrogen) atoms. The number of aryl methyl sites for hydroxylation is 1. The highest BCUT2D eigenvalue weighted by atomic mass is 32.1. The zero-order valence-electron chi connectivity index (χ0n) is 18.5. The molecule has 164 valence electrons. The van der Waals surface area contributed by atoms with Crippen molar-refractivity contribution in [3.63, 3.8) is 0 Å². The lowest BCUT2D eigenvalue weighted by molar-refractivity contribution is -0.167. The van der Waals surface area contributed by atoms with Crippen LogP contribution in [0.2, 0.25) is 0 Å². The van der Waals surface area contributed by atoms with Crippen molar-refractivity contribution in [1.82, 2.24) is 4.90 Å². The van der Waals surface area contributed by atoms with Gasteiger partial charge in [-0.3, -0.25) is 19.3 Å². The van der Waals surface area contributed by atoms with Gasteiger partial charge in [-0.1, -0.05) is 20.8 Å². The van der Waals surface area contributed by atoms with E-state index in [2.05, 4.69) is 5.32 Å². The van der Waals surface area contributed by atoms with Crippen molar-refractivity contribution in [3.8, 4) is 0 Å². The molecule has 2 fully saturated rings. The predicted octanol–water partition coefficient (Wildman–Crippen LogP) is 3.68. The van der Waals surface area contributed by atoms with Crippen molar-refractivity contribution in [2.24, 2.45) is 16.7 Å². The van der Waals surface area contributed by atoms with E-state index in [1.807, 2.05) is 34.6 Å². The van der Waals surface area contributed by atoms with E-state index in [4.69, 9.17) is 4.74 Å². The summed E-state index contributed by atoms with van der Waals surface area (Å²) in [4.78, 5) is 53.0. The molecule has 0 spiro atoms. The first-order valence-electron chi connectivity index (χ1n) is 10.4. The molecule has 1 saturated heterocycles. The highest BCUT2D eigenvalue weighted by Crippen LogP contribution is 2.60. The van der Waals surface area contributed by atoms with E-state index in [0.29, 0.717) is 23.4 Å². The van der Waals surface area contributed by atoms with Crippen LogP contribution in [0, 0.1) is 30.6 Å². The van der Waals surface area contributed by atoms with Crippen molar-refractivity contribution in [2.75, 3.05) is 18.5 Å². The number of likely N-dealkylation sites (tertiary alicyclic amines) is 1. The number of ether oxygens (including phenoxy) is 1. The van der Waals surface area contributed by atoms with E-state index in [1.54, 1.807) is 6.92 Å². The maximum atomic E-state index is 13.1. The Hall–Kier alpha value is -2.22. The number of nitrogens with zero attached hydrogens (tertiary/aromatic N) is 1. The molecule has 1 aliphatic heterocycles. The number of hydrogen-bond acceptors (Lipinski definition) is 6. The number of hydrogen-bond donors (Lipinski definition) is 1. The summed E-state index contributed by atoms with van der Waals surface area (Å²) >= 11 is 1.32. The third kappa shape index (κ3) is 3.35. The van der Waals surface area contributed by atoms with Crippen LogP contribution in [0.1, 0.15) is 67.8 Å². The molecule has 1 aliphatic carbocycles. The van der Waals surface area contributed by atoms with Crippen molar-refractivity contribution >= 4 is 40.0 Å². The Balaban J connectivity index is 1.71. The second-order valence-electron chi connectivity index (χ2n) is 8.95. The maximum Gasteiger partial charge on any atom is 0.341 e. The SMILES string of the molecule is CCOC(=O)c1c(NC(=O)CCN2C(=O)C3CCC(C)(C2=O)C3(C)C)sc(C)c1C. The van der Waals surface area contributed by atoms with Gasteiger partial charge in [-0.15, -0.1) is 11.3 Å². The molecule has 8 heteroatoms. The number of thiophene rings is 1. The Bertz CT molecular complexity index is 919. The monoisotopic (exact) mass is 434 g/mol. The van der Waals surface area contributed by atoms with Crippen LogP contribution in [0.4, 0.5) is 5.00 Å². The molecule has 2 atom stereocenters. The largest absolute Gasteiger partial charge is 0.462 e. The number of carbonyl (C=O) groups excluding carboxylic acids is 4. The molecular formula is C22H30N2O5S. The lowest BCUT2D eigenvalue weighted by Crippen LogP contribution is -2.59. The minimum absolute atomic E-state index is 0.0149. The van der Waals surface area contributed by atoms with E-state index in [1.165, 1.54) is 16.2 Å². The molecule has 2 aliphatic rings. The van der Waals surface area contributed by atoms with Gasteiger partial charge in [0, 0.05) is 23.8 Å². The van der Waals surface area contributed by atoms with Crippen molar-refractivity contribution < 1.29 is 23.9 Å². The summed E-state index contributed by atoms with van der Waals surface area (Å²) in [5.74, 6) is -1.37. The van der Waals surface area contributed by atoms with Crippen LogP contribution in [0.15, 0.2) is 0 Å². The van der Waals surface area contributed by atoms with Gasteiger partial charge in [0.2, 0.25) is 17.7 Å². The number of esters is 1. The highest BCUT2D eigenvalue weighted by Gasteiger charge is 2.64. The van der Waals surface area contributed by atoms with Crippen molar-refractivity contribution in [3.05, 3.63) is 16.0 Å². The predicted molar refractivity (Wildman–Crippen MR) is 114 cm³/mol. The summed E-state index contributed by atoms with van der Waals surface area (Å²) in [5, 5.41) is 3.22. The standard InChI is InChI=1S/C22H30N2O5S/c1-7-29-19(27)16-12(2)13(3)30-17(16)23-15(25)9-11-24-18(26)14-8-10-22(6,20(24)28)21(14,4)5/h14H,7-11H2,1-6H3,(H,23,25). The first-order chi connectivity index (χ1) is 14.0. The second-order valence-corrected chi connectivity index (χ2v) is 10.2. The van der Waals surface area contributed by atoms with Crippen LogP contribution >= 0.6 is 11.3 Å². The van der Waals surface area contributed by atoms with E-state index < -0.39 is 11.4 Å². The van der Waals surface area contributed by atoms with E-state index in [-0.39, 0.29) is 48.6 Å². The summed E-state index contributed by atoms with van der Waals surface area (Å²) in [6, 6.07) is 0. The van der Waals surface area contributed by atoms with Crippen LogP contribution < -0.4 is 5.32 Å². The average molecular weight is 435 g/mol. The fourth-order valence-electron chi connectivity index (χ4n) is 4.68. The molecule has 3 amide bonds. The average Bonchev–Trinajstić information content (AvgIpc) is 3.03. The van der Waals surface area contributed by atoms with Crippen LogP contribution in [-0.2, 0) is 19.1 Å². The maximum absolute atomic E-state index is 13.1. The zero-order valence-corrected chi connectivity index (χ0v) is 19.3. The molecule has 3 rings (SSSR count). The molecule has 1 saturated carbocycles. The normalized spacial score (nSPS) is 24.9. The van der Waals surface area contributed by atoms with Crippen LogP contribution in [0.25, 0.3) is 0 Å². The van der Waals surface area contributed by atoms with Gasteiger partial charge in [0.15, 0.2) is 0 Å². The van der Waals surface area contributed by atoms with Gasteiger partial charge in [0.25, 0.3) is 0 Å². The summed E-state index contributed by atoms with van der Waals surface area (Å²) < 4.78 is 5.11. The third-order valence-electron chi connectivity index (χ3n) is 7.19.